The summed E-state index contributed by atoms with van der Waals surface area (Å²) < 4.78 is 38.4. The van der Waals surface area contributed by atoms with Crippen molar-refractivity contribution in [1.29, 1.82) is 0 Å². The lowest BCUT2D eigenvalue weighted by atomic mass is 10.6. The maximum Gasteiger partial charge on any atom is 0.302 e. The van der Waals surface area contributed by atoms with Gasteiger partial charge in [0, 0.05) is 76.2 Å². The van der Waals surface area contributed by atoms with Gasteiger partial charge in [-0.15, -0.1) is 0 Å². The molecule has 48 heavy (non-hydrogen) atoms. The molecule has 0 spiro atoms. The third-order valence-electron chi connectivity index (χ3n) is 2.51. The minimum absolute atomic E-state index is 0.0926. The van der Waals surface area contributed by atoms with Gasteiger partial charge in [0.1, 0.15) is 17.3 Å². The number of esters is 2. The maximum atomic E-state index is 10.3. The summed E-state index contributed by atoms with van der Waals surface area (Å²) in [6.07, 6.45) is 1.47. The van der Waals surface area contributed by atoms with Crippen LogP contribution in [0.2, 0.25) is 0 Å². The number of carbonyl (C=O) groups is 7. The molecule has 2 amide bonds. The van der Waals surface area contributed by atoms with Crippen LogP contribution in [0.4, 0.5) is 0 Å². The monoisotopic (exact) mass is 743 g/mol. The van der Waals surface area contributed by atoms with Crippen LogP contribution in [0.5, 0.6) is 0 Å². The highest BCUT2D eigenvalue weighted by atomic mass is 32.2. The standard InChI is InChI=1S/2C4H9NO.C3H9NO2S.2C3H6O2.3C3H6O.C2H6O2S.C2H6/c2*1-4(6)5(2)3;1-4(2)7(5)6-3;2*1-3(4)5-2;3*1-3(2)4;1-4-5(2)3;1-2/h2*1-3H3;1-3H3;2*1-2H3;3*1-2H3;1-2H3;1-2H3. The van der Waals surface area contributed by atoms with Crippen LogP contribution in [-0.2, 0) is 73.7 Å². The Morgan fingerprint density at radius 1 is 0.458 bits per heavy atom. The molecule has 0 aromatic carbocycles. The highest BCUT2D eigenvalue weighted by Gasteiger charge is 1.95. The summed E-state index contributed by atoms with van der Waals surface area (Å²) in [6.45, 7) is 18.9. The molecule has 0 N–H and O–H groups in total. The highest BCUT2D eigenvalue weighted by Crippen LogP contribution is 1.82. The van der Waals surface area contributed by atoms with E-state index in [0.29, 0.717) is 0 Å². The van der Waals surface area contributed by atoms with Crippen molar-refractivity contribution in [2.24, 2.45) is 0 Å². The minimum Gasteiger partial charge on any atom is -0.469 e. The van der Waals surface area contributed by atoms with Crippen molar-refractivity contribution in [2.75, 3.05) is 77.0 Å². The van der Waals surface area contributed by atoms with Crippen molar-refractivity contribution < 1.29 is 59.8 Å². The van der Waals surface area contributed by atoms with Crippen LogP contribution in [0.1, 0.15) is 83.1 Å². The van der Waals surface area contributed by atoms with Crippen molar-refractivity contribution in [3.05, 3.63) is 0 Å². The number of Topliss-reactive ketones (excluding diaryl/α,β-unsaturated/α-hetero) is 3. The Labute approximate surface area is 297 Å². The Bertz CT molecular complexity index is 745. The predicted octanol–water partition coefficient (Wildman–Crippen LogP) is 3.06. The molecule has 16 nitrogen and oxygen atoms in total. The second kappa shape index (κ2) is 59.5. The SMILES string of the molecule is CC.CC(=O)N(C)C.CC(=O)N(C)C.CC(C)=O.CC(C)=O.CC(C)=O.COC(C)=O.COC(C)=O.COS(=O)N(C)C.COS(C)=O. The lowest BCUT2D eigenvalue weighted by molar-refractivity contribution is -0.138. The molecule has 0 saturated carbocycles. The van der Waals surface area contributed by atoms with E-state index < -0.39 is 22.3 Å². The molecule has 0 saturated heterocycles. The average Bonchev–Trinajstić information content (AvgIpc) is 2.94. The minimum atomic E-state index is -1.25. The molecule has 0 aliphatic rings. The molecular weight excluding hydrogens is 674 g/mol. The molecule has 0 heterocycles. The number of rotatable bonds is 3. The fraction of sp³-hybridized carbons (Fsp3) is 0.767. The number of methoxy groups -OCH3 is 2. The van der Waals surface area contributed by atoms with Crippen LogP contribution < -0.4 is 0 Å². The van der Waals surface area contributed by atoms with Gasteiger partial charge < -0.3 is 33.7 Å². The van der Waals surface area contributed by atoms with Crippen LogP contribution in [0, 0.1) is 0 Å². The van der Waals surface area contributed by atoms with Crippen molar-refractivity contribution in [3.63, 3.8) is 0 Å². The van der Waals surface area contributed by atoms with E-state index in [4.69, 9.17) is 0 Å². The van der Waals surface area contributed by atoms with Crippen LogP contribution >= 0.6 is 0 Å². The van der Waals surface area contributed by atoms with Gasteiger partial charge in [0.25, 0.3) is 0 Å². The summed E-state index contributed by atoms with van der Waals surface area (Å²) in [7, 11) is 15.8. The quantitative estimate of drug-likeness (QED) is 0.383. The average molecular weight is 744 g/mol. The fourth-order valence-corrected chi connectivity index (χ4v) is 0.447. The third-order valence-corrected chi connectivity index (χ3v) is 3.86. The first-order valence-corrected chi connectivity index (χ1v) is 16.4. The van der Waals surface area contributed by atoms with Gasteiger partial charge in [-0.1, -0.05) is 13.8 Å². The fourth-order valence-electron chi connectivity index (χ4n) is 0.149. The lowest BCUT2D eigenvalue weighted by Gasteiger charge is -2.03. The molecule has 18 heteroatoms. The third kappa shape index (κ3) is 262. The summed E-state index contributed by atoms with van der Waals surface area (Å²) in [5.41, 5.74) is 0. The van der Waals surface area contributed by atoms with Gasteiger partial charge in [0.2, 0.25) is 23.1 Å². The summed E-state index contributed by atoms with van der Waals surface area (Å²) >= 11 is -2.32. The van der Waals surface area contributed by atoms with Crippen LogP contribution in [-0.4, -0.2) is 141 Å². The molecule has 2 unspecified atom stereocenters. The summed E-state index contributed by atoms with van der Waals surface area (Å²) in [6, 6.07) is 0. The van der Waals surface area contributed by atoms with E-state index in [1.165, 1.54) is 118 Å². The van der Waals surface area contributed by atoms with Crippen LogP contribution in [0.15, 0.2) is 0 Å². The normalized spacial score (nSPS) is 8.83. The molecular formula is C30H69N3O13S2. The molecule has 0 aromatic heterocycles. The van der Waals surface area contributed by atoms with E-state index in [1.807, 2.05) is 13.8 Å². The summed E-state index contributed by atoms with van der Waals surface area (Å²) in [4.78, 5) is 70.7. The molecule has 0 aliphatic heterocycles. The van der Waals surface area contributed by atoms with E-state index in [2.05, 4.69) is 17.8 Å². The maximum absolute atomic E-state index is 10.3. The molecule has 0 rings (SSSR count). The highest BCUT2D eigenvalue weighted by molar-refractivity contribution is 7.79. The number of carbonyl (C=O) groups excluding carboxylic acids is 7. The first kappa shape index (κ1) is 71.2. The summed E-state index contributed by atoms with van der Waals surface area (Å²) in [5, 5.41) is 0. The molecule has 0 bridgehead atoms. The van der Waals surface area contributed by atoms with E-state index in [-0.39, 0.29) is 41.1 Å². The Balaban J connectivity index is -0.0000000423. The van der Waals surface area contributed by atoms with Gasteiger partial charge in [0.15, 0.2) is 11.1 Å². The Morgan fingerprint density at radius 2 is 0.583 bits per heavy atom. The smallest absolute Gasteiger partial charge is 0.302 e. The zero-order valence-corrected chi connectivity index (χ0v) is 35.6. The van der Waals surface area contributed by atoms with Gasteiger partial charge in [-0.05, 0) is 41.5 Å². The van der Waals surface area contributed by atoms with Crippen molar-refractivity contribution in [3.8, 4) is 0 Å². The van der Waals surface area contributed by atoms with Gasteiger partial charge in [-0.25, -0.2) is 12.7 Å². The van der Waals surface area contributed by atoms with Crippen molar-refractivity contribution >= 4 is 63.4 Å². The number of amides is 2. The number of ketones is 3. The molecule has 0 radical (unpaired) electrons. The number of hydrogen-bond donors (Lipinski definition) is 0. The van der Waals surface area contributed by atoms with E-state index >= 15 is 0 Å². The largest absolute Gasteiger partial charge is 0.469 e. The van der Waals surface area contributed by atoms with Crippen LogP contribution in [0.3, 0.4) is 0 Å². The van der Waals surface area contributed by atoms with Crippen molar-refractivity contribution in [1.82, 2.24) is 14.1 Å². The Hall–Kier alpha value is -2.93. The number of ether oxygens (including phenoxy) is 2. The Morgan fingerprint density at radius 3 is 0.583 bits per heavy atom. The van der Waals surface area contributed by atoms with E-state index in [0.717, 1.165) is 0 Å². The molecule has 0 fully saturated rings. The predicted molar refractivity (Wildman–Crippen MR) is 194 cm³/mol. The lowest BCUT2D eigenvalue weighted by Crippen LogP contribution is -2.17. The van der Waals surface area contributed by atoms with Crippen molar-refractivity contribution in [2.45, 2.75) is 83.1 Å². The first-order chi connectivity index (χ1) is 21.5. The first-order valence-electron chi connectivity index (χ1n) is 13.9. The van der Waals surface area contributed by atoms with Gasteiger partial charge in [-0.2, -0.15) is 0 Å². The second-order valence-electron chi connectivity index (χ2n) is 8.71. The molecule has 294 valence electrons. The topological polar surface area (TPSA) is 200 Å². The second-order valence-corrected chi connectivity index (χ2v) is 11.3. The van der Waals surface area contributed by atoms with Crippen LogP contribution in [0.25, 0.3) is 0 Å². The molecule has 0 aromatic rings. The van der Waals surface area contributed by atoms with Gasteiger partial charge >= 0.3 is 11.9 Å². The van der Waals surface area contributed by atoms with E-state index in [1.54, 1.807) is 42.3 Å². The van der Waals surface area contributed by atoms with Gasteiger partial charge in [0.05, 0.1) is 28.4 Å². The number of hydrogen-bond acceptors (Lipinski definition) is 13. The van der Waals surface area contributed by atoms with E-state index in [9.17, 15) is 42.0 Å². The summed E-state index contributed by atoms with van der Waals surface area (Å²) in [5.74, 6) is 0.194. The van der Waals surface area contributed by atoms with Gasteiger partial charge in [-0.3, -0.25) is 27.5 Å². The zero-order valence-electron chi connectivity index (χ0n) is 34.0. The zero-order chi connectivity index (χ0) is 41.8. The molecule has 0 aliphatic carbocycles. The Kier molecular flexibility index (Phi) is 88.2. The number of nitrogens with zero attached hydrogens (tertiary/aromatic N) is 3. The molecule has 2 atom stereocenters.